The molecule has 1 aliphatic heterocycles. The van der Waals surface area contributed by atoms with Crippen molar-refractivity contribution >= 4 is 23.0 Å². The molecule has 3 atom stereocenters. The second-order valence-corrected chi connectivity index (χ2v) is 6.32. The minimum Gasteiger partial charge on any atom is -0.376 e. The summed E-state index contributed by atoms with van der Waals surface area (Å²) in [5.41, 5.74) is 2.84. The molecule has 1 aliphatic carbocycles. The van der Waals surface area contributed by atoms with E-state index in [9.17, 15) is 10.1 Å². The minimum atomic E-state index is -0.396. The molecule has 2 aliphatic rings. The molecule has 2 aromatic rings. The first-order chi connectivity index (χ1) is 11.1. The summed E-state index contributed by atoms with van der Waals surface area (Å²) < 4.78 is 0. The molecular formula is C17H14ClN3O2. The van der Waals surface area contributed by atoms with Gasteiger partial charge < -0.3 is 5.32 Å². The molecule has 1 aromatic carbocycles. The number of hydrogen-bond donors (Lipinski definition) is 1. The van der Waals surface area contributed by atoms with Gasteiger partial charge in [-0.05, 0) is 29.5 Å². The van der Waals surface area contributed by atoms with E-state index in [2.05, 4.69) is 22.5 Å². The highest BCUT2D eigenvalue weighted by molar-refractivity contribution is 6.33. The molecular weight excluding hydrogens is 314 g/mol. The first-order valence-electron chi connectivity index (χ1n) is 7.46. The SMILES string of the molecule is O=[N+]([O-])c1cc(Cl)c2c(c1)[C@@H]1C=CC[C@H]1[C@@H](c1cccnc1)N2. The fourth-order valence-electron chi connectivity index (χ4n) is 3.64. The standard InChI is InChI=1S/C17H14ClN3O2/c18-15-8-11(21(22)23)7-14-12-4-1-5-13(12)16(20-17(14)15)10-3-2-6-19-9-10/h1-4,6-9,12-13,16,20H,5H2/t12-,13-,16-/m1/s1. The van der Waals surface area contributed by atoms with Crippen LogP contribution in [0.5, 0.6) is 0 Å². The van der Waals surface area contributed by atoms with Gasteiger partial charge in [0.05, 0.1) is 21.7 Å². The van der Waals surface area contributed by atoms with Crippen LogP contribution in [0.1, 0.15) is 29.5 Å². The molecule has 0 bridgehead atoms. The Bertz CT molecular complexity index is 807. The third-order valence-corrected chi connectivity index (χ3v) is 4.96. The maximum Gasteiger partial charge on any atom is 0.271 e. The number of aromatic nitrogens is 1. The van der Waals surface area contributed by atoms with E-state index in [1.807, 2.05) is 18.3 Å². The van der Waals surface area contributed by atoms with E-state index in [-0.39, 0.29) is 17.6 Å². The second-order valence-electron chi connectivity index (χ2n) is 5.91. The smallest absolute Gasteiger partial charge is 0.271 e. The molecule has 0 spiro atoms. The minimum absolute atomic E-state index is 0.0365. The van der Waals surface area contributed by atoms with E-state index in [1.165, 1.54) is 6.07 Å². The Morgan fingerprint density at radius 1 is 1.39 bits per heavy atom. The zero-order chi connectivity index (χ0) is 16.0. The van der Waals surface area contributed by atoms with Gasteiger partial charge in [0.2, 0.25) is 0 Å². The van der Waals surface area contributed by atoms with Crippen LogP contribution in [0.4, 0.5) is 11.4 Å². The van der Waals surface area contributed by atoms with Crippen molar-refractivity contribution in [3.05, 3.63) is 75.1 Å². The number of pyridine rings is 1. The number of anilines is 1. The molecule has 0 saturated carbocycles. The second kappa shape index (κ2) is 5.35. The summed E-state index contributed by atoms with van der Waals surface area (Å²) in [6.07, 6.45) is 8.81. The highest BCUT2D eigenvalue weighted by atomic mass is 35.5. The van der Waals surface area contributed by atoms with Crippen LogP contribution >= 0.6 is 11.6 Å². The molecule has 116 valence electrons. The van der Waals surface area contributed by atoms with Gasteiger partial charge in [0, 0.05) is 30.4 Å². The number of nitrogens with zero attached hydrogens (tertiary/aromatic N) is 2. The van der Waals surface area contributed by atoms with Gasteiger partial charge in [-0.25, -0.2) is 0 Å². The molecule has 0 radical (unpaired) electrons. The van der Waals surface area contributed by atoms with Gasteiger partial charge in [-0.1, -0.05) is 29.8 Å². The van der Waals surface area contributed by atoms with Crippen LogP contribution in [0.2, 0.25) is 5.02 Å². The van der Waals surface area contributed by atoms with Crippen LogP contribution in [0.15, 0.2) is 48.8 Å². The first-order valence-corrected chi connectivity index (χ1v) is 7.84. The molecule has 1 aromatic heterocycles. The largest absolute Gasteiger partial charge is 0.376 e. The van der Waals surface area contributed by atoms with Crippen molar-refractivity contribution in [3.63, 3.8) is 0 Å². The number of nitro groups is 1. The molecule has 1 N–H and O–H groups in total. The summed E-state index contributed by atoms with van der Waals surface area (Å²) in [7, 11) is 0. The van der Waals surface area contributed by atoms with Crippen molar-refractivity contribution in [1.29, 1.82) is 0 Å². The lowest BCUT2D eigenvalue weighted by Crippen LogP contribution is -2.29. The Hall–Kier alpha value is -2.40. The van der Waals surface area contributed by atoms with Crippen LogP contribution in [0.3, 0.4) is 0 Å². The van der Waals surface area contributed by atoms with E-state index in [1.54, 1.807) is 12.3 Å². The number of halogens is 1. The van der Waals surface area contributed by atoms with Crippen molar-refractivity contribution < 1.29 is 4.92 Å². The first kappa shape index (κ1) is 14.2. The van der Waals surface area contributed by atoms with Crippen LogP contribution in [-0.2, 0) is 0 Å². The molecule has 23 heavy (non-hydrogen) atoms. The number of allylic oxidation sites excluding steroid dienone is 2. The Morgan fingerprint density at radius 2 is 2.26 bits per heavy atom. The summed E-state index contributed by atoms with van der Waals surface area (Å²) in [4.78, 5) is 14.9. The molecule has 5 nitrogen and oxygen atoms in total. The number of nitro benzene ring substituents is 1. The monoisotopic (exact) mass is 327 g/mol. The highest BCUT2D eigenvalue weighted by Gasteiger charge is 2.39. The zero-order valence-electron chi connectivity index (χ0n) is 12.1. The fourth-order valence-corrected chi connectivity index (χ4v) is 3.91. The van der Waals surface area contributed by atoms with Crippen LogP contribution in [0.25, 0.3) is 0 Å². The average molecular weight is 328 g/mol. The molecule has 0 unspecified atom stereocenters. The summed E-state index contributed by atoms with van der Waals surface area (Å²) in [6, 6.07) is 7.11. The fraction of sp³-hybridized carbons (Fsp3) is 0.235. The normalized spacial score (nSPS) is 24.7. The van der Waals surface area contributed by atoms with Gasteiger partial charge >= 0.3 is 0 Å². The van der Waals surface area contributed by atoms with Crippen molar-refractivity contribution in [2.75, 3.05) is 5.32 Å². The average Bonchev–Trinajstić information content (AvgIpc) is 3.04. The highest BCUT2D eigenvalue weighted by Crippen LogP contribution is 2.52. The Balaban J connectivity index is 1.84. The van der Waals surface area contributed by atoms with Crippen LogP contribution < -0.4 is 5.32 Å². The summed E-state index contributed by atoms with van der Waals surface area (Å²) >= 11 is 6.33. The van der Waals surface area contributed by atoms with Gasteiger partial charge in [0.15, 0.2) is 0 Å². The molecule has 0 fully saturated rings. The molecule has 0 saturated heterocycles. The number of benzene rings is 1. The lowest BCUT2D eigenvalue weighted by Gasteiger charge is -2.37. The van der Waals surface area contributed by atoms with Gasteiger partial charge in [-0.15, -0.1) is 0 Å². The van der Waals surface area contributed by atoms with Crippen LogP contribution in [-0.4, -0.2) is 9.91 Å². The van der Waals surface area contributed by atoms with E-state index in [4.69, 9.17) is 11.6 Å². The number of rotatable bonds is 2. The third-order valence-electron chi connectivity index (χ3n) is 4.66. The third kappa shape index (κ3) is 2.28. The van der Waals surface area contributed by atoms with Gasteiger partial charge in [-0.2, -0.15) is 0 Å². The lowest BCUT2D eigenvalue weighted by atomic mass is 9.77. The Morgan fingerprint density at radius 3 is 3.00 bits per heavy atom. The maximum absolute atomic E-state index is 11.1. The van der Waals surface area contributed by atoms with Crippen LogP contribution in [0, 0.1) is 16.0 Å². The van der Waals surface area contributed by atoms with E-state index < -0.39 is 4.92 Å². The number of hydrogen-bond acceptors (Lipinski definition) is 4. The Kier molecular flexibility index (Phi) is 3.31. The number of fused-ring (bicyclic) bond motifs is 3. The topological polar surface area (TPSA) is 68.1 Å². The van der Waals surface area contributed by atoms with Crippen molar-refractivity contribution in [2.45, 2.75) is 18.4 Å². The number of nitrogens with one attached hydrogen (secondary N) is 1. The molecule has 4 rings (SSSR count). The van der Waals surface area contributed by atoms with E-state index in [0.29, 0.717) is 10.9 Å². The quantitative estimate of drug-likeness (QED) is 0.502. The number of non-ortho nitro benzene ring substituents is 1. The molecule has 0 amide bonds. The predicted octanol–water partition coefficient (Wildman–Crippen LogP) is 4.47. The van der Waals surface area contributed by atoms with Gasteiger partial charge in [-0.3, -0.25) is 15.1 Å². The predicted molar refractivity (Wildman–Crippen MR) is 88.7 cm³/mol. The van der Waals surface area contributed by atoms with Gasteiger partial charge in [0.1, 0.15) is 0 Å². The Labute approximate surface area is 138 Å². The van der Waals surface area contributed by atoms with Crippen molar-refractivity contribution in [1.82, 2.24) is 4.98 Å². The summed E-state index contributed by atoms with van der Waals surface area (Å²) in [5.74, 6) is 0.443. The lowest BCUT2D eigenvalue weighted by molar-refractivity contribution is -0.384. The summed E-state index contributed by atoms with van der Waals surface area (Å²) in [6.45, 7) is 0. The van der Waals surface area contributed by atoms with E-state index >= 15 is 0 Å². The van der Waals surface area contributed by atoms with Gasteiger partial charge in [0.25, 0.3) is 5.69 Å². The molecule has 6 heteroatoms. The maximum atomic E-state index is 11.1. The molecule has 2 heterocycles. The zero-order valence-corrected chi connectivity index (χ0v) is 12.9. The van der Waals surface area contributed by atoms with E-state index in [0.717, 1.165) is 23.2 Å². The summed E-state index contributed by atoms with van der Waals surface area (Å²) in [5, 5.41) is 15.0. The van der Waals surface area contributed by atoms with Crippen molar-refractivity contribution in [2.24, 2.45) is 5.92 Å². The van der Waals surface area contributed by atoms with Crippen molar-refractivity contribution in [3.8, 4) is 0 Å².